The fraction of sp³-hybridized carbons (Fsp3) is 1.00. The van der Waals surface area contributed by atoms with Gasteiger partial charge in [-0.15, -0.1) is 0 Å². The number of hydrogen-bond donors (Lipinski definition) is 0. The molecule has 0 nitrogen and oxygen atoms in total. The van der Waals surface area contributed by atoms with E-state index in [0.717, 1.165) is 35.5 Å². The Bertz CT molecular complexity index is 180. The Morgan fingerprint density at radius 2 is 0.941 bits per heavy atom. The van der Waals surface area contributed by atoms with Crippen LogP contribution in [0.2, 0.25) is 0 Å². The lowest BCUT2D eigenvalue weighted by molar-refractivity contribution is 0.101. The molecule has 0 N–H and O–H groups in total. The quantitative estimate of drug-likeness (QED) is 0.487. The first kappa shape index (κ1) is 17.0. The highest BCUT2D eigenvalue weighted by atomic mass is 14.4. The van der Waals surface area contributed by atoms with E-state index in [2.05, 4.69) is 55.4 Å². The highest BCUT2D eigenvalue weighted by Crippen LogP contribution is 2.39. The van der Waals surface area contributed by atoms with Crippen molar-refractivity contribution in [3.63, 3.8) is 0 Å². The Labute approximate surface area is 111 Å². The molecule has 104 valence electrons. The van der Waals surface area contributed by atoms with Crippen molar-refractivity contribution in [3.05, 3.63) is 0 Å². The van der Waals surface area contributed by atoms with Crippen LogP contribution in [0, 0.1) is 35.5 Å². The first-order valence-electron chi connectivity index (χ1n) is 7.90. The zero-order valence-corrected chi connectivity index (χ0v) is 13.6. The van der Waals surface area contributed by atoms with Gasteiger partial charge in [-0.25, -0.2) is 0 Å². The third-order valence-electron chi connectivity index (χ3n) is 5.10. The number of rotatable bonds is 8. The van der Waals surface area contributed by atoms with Crippen molar-refractivity contribution >= 4 is 0 Å². The molecule has 0 aromatic rings. The van der Waals surface area contributed by atoms with Gasteiger partial charge in [-0.3, -0.25) is 0 Å². The molecule has 0 aliphatic rings. The lowest BCUT2D eigenvalue weighted by atomic mass is 9.66. The molecule has 0 aromatic heterocycles. The van der Waals surface area contributed by atoms with Crippen molar-refractivity contribution in [1.82, 2.24) is 0 Å². The van der Waals surface area contributed by atoms with Gasteiger partial charge in [-0.05, 0) is 35.5 Å². The topological polar surface area (TPSA) is 0 Å². The summed E-state index contributed by atoms with van der Waals surface area (Å²) < 4.78 is 0. The minimum absolute atomic E-state index is 0.818. The summed E-state index contributed by atoms with van der Waals surface area (Å²) in [6.45, 7) is 19.2. The summed E-state index contributed by atoms with van der Waals surface area (Å²) >= 11 is 0. The summed E-state index contributed by atoms with van der Waals surface area (Å²) in [6.07, 6.45) is 4.05. The Hall–Kier alpha value is 0. The fourth-order valence-electron chi connectivity index (χ4n) is 3.75. The highest BCUT2D eigenvalue weighted by Gasteiger charge is 2.32. The van der Waals surface area contributed by atoms with Gasteiger partial charge in [0.15, 0.2) is 0 Å². The maximum Gasteiger partial charge on any atom is -0.0355 e. The van der Waals surface area contributed by atoms with E-state index >= 15 is 0 Å². The smallest absolute Gasteiger partial charge is 0.0355 e. The van der Waals surface area contributed by atoms with E-state index in [9.17, 15) is 0 Å². The zero-order chi connectivity index (χ0) is 13.6. The molecule has 0 radical (unpaired) electrons. The molecule has 0 heteroatoms. The van der Waals surface area contributed by atoms with E-state index in [-0.39, 0.29) is 0 Å². The summed E-state index contributed by atoms with van der Waals surface area (Å²) in [5.74, 6) is 5.25. The van der Waals surface area contributed by atoms with Crippen LogP contribution in [0.15, 0.2) is 0 Å². The summed E-state index contributed by atoms with van der Waals surface area (Å²) in [4.78, 5) is 0. The maximum absolute atomic E-state index is 2.47. The molecule has 0 aliphatic carbocycles. The summed E-state index contributed by atoms with van der Waals surface area (Å²) in [7, 11) is 0. The monoisotopic (exact) mass is 240 g/mol. The molecule has 0 amide bonds. The second kappa shape index (κ2) is 8.16. The van der Waals surface area contributed by atoms with Crippen LogP contribution < -0.4 is 0 Å². The molecule has 0 aromatic carbocycles. The zero-order valence-electron chi connectivity index (χ0n) is 13.6. The minimum Gasteiger partial charge on any atom is -0.0651 e. The molecule has 4 unspecified atom stereocenters. The average Bonchev–Trinajstić information content (AvgIpc) is 2.27. The molecular weight excluding hydrogens is 204 g/mol. The van der Waals surface area contributed by atoms with Crippen LogP contribution in [0.5, 0.6) is 0 Å². The second-order valence-electron chi connectivity index (χ2n) is 6.56. The van der Waals surface area contributed by atoms with Crippen molar-refractivity contribution in [3.8, 4) is 0 Å². The van der Waals surface area contributed by atoms with Crippen molar-refractivity contribution < 1.29 is 0 Å². The Morgan fingerprint density at radius 3 is 1.18 bits per heavy atom. The van der Waals surface area contributed by atoms with E-state index in [0.29, 0.717) is 0 Å². The van der Waals surface area contributed by atoms with E-state index in [1.54, 1.807) is 0 Å². The first-order valence-corrected chi connectivity index (χ1v) is 7.90. The molecule has 0 bridgehead atoms. The third kappa shape index (κ3) is 4.64. The second-order valence-corrected chi connectivity index (χ2v) is 6.56. The molecule has 0 fully saturated rings. The van der Waals surface area contributed by atoms with Crippen LogP contribution in [-0.4, -0.2) is 0 Å². The highest BCUT2D eigenvalue weighted by molar-refractivity contribution is 4.81. The van der Waals surface area contributed by atoms with Gasteiger partial charge in [0.25, 0.3) is 0 Å². The molecule has 4 atom stereocenters. The average molecular weight is 240 g/mol. The third-order valence-corrected chi connectivity index (χ3v) is 5.10. The van der Waals surface area contributed by atoms with Crippen LogP contribution in [-0.2, 0) is 0 Å². The molecule has 0 aliphatic heterocycles. The van der Waals surface area contributed by atoms with Gasteiger partial charge in [0.05, 0.1) is 0 Å². The molecule has 0 saturated carbocycles. The molecule has 0 spiro atoms. The van der Waals surface area contributed by atoms with Gasteiger partial charge in [0.1, 0.15) is 0 Å². The van der Waals surface area contributed by atoms with Crippen LogP contribution in [0.1, 0.15) is 74.7 Å². The van der Waals surface area contributed by atoms with E-state index in [4.69, 9.17) is 0 Å². The van der Waals surface area contributed by atoms with E-state index in [1.807, 2.05) is 0 Å². The van der Waals surface area contributed by atoms with Crippen LogP contribution in [0.3, 0.4) is 0 Å². The van der Waals surface area contributed by atoms with Gasteiger partial charge in [-0.1, -0.05) is 74.7 Å². The molecule has 17 heavy (non-hydrogen) atoms. The van der Waals surface area contributed by atoms with Crippen molar-refractivity contribution in [1.29, 1.82) is 0 Å². The van der Waals surface area contributed by atoms with Gasteiger partial charge in [-0.2, -0.15) is 0 Å². The molecule has 0 heterocycles. The summed E-state index contributed by atoms with van der Waals surface area (Å²) in [5, 5.41) is 0. The van der Waals surface area contributed by atoms with Gasteiger partial charge in [0.2, 0.25) is 0 Å². The largest absolute Gasteiger partial charge is 0.0651 e. The minimum atomic E-state index is 0.818. The maximum atomic E-state index is 2.47. The normalized spacial score (nSPS) is 19.4. The van der Waals surface area contributed by atoms with Gasteiger partial charge >= 0.3 is 0 Å². The SMILES string of the molecule is CCC(C(C)C)C(CC)C(CC)C(C)C(C)C. The molecule has 0 saturated heterocycles. The lowest BCUT2D eigenvalue weighted by Crippen LogP contribution is -2.32. The van der Waals surface area contributed by atoms with Gasteiger partial charge in [0, 0.05) is 0 Å². The fourth-order valence-corrected chi connectivity index (χ4v) is 3.75. The van der Waals surface area contributed by atoms with Crippen molar-refractivity contribution in [2.45, 2.75) is 74.7 Å². The van der Waals surface area contributed by atoms with Crippen LogP contribution >= 0.6 is 0 Å². The first-order chi connectivity index (χ1) is 7.90. The Morgan fingerprint density at radius 1 is 0.529 bits per heavy atom. The van der Waals surface area contributed by atoms with Crippen LogP contribution in [0.4, 0.5) is 0 Å². The van der Waals surface area contributed by atoms with E-state index < -0.39 is 0 Å². The summed E-state index contributed by atoms with van der Waals surface area (Å²) in [6, 6.07) is 0. The predicted molar refractivity (Wildman–Crippen MR) is 80.2 cm³/mol. The molecular formula is C17H36. The Kier molecular flexibility index (Phi) is 8.16. The Balaban J connectivity index is 4.91. The number of hydrogen-bond acceptors (Lipinski definition) is 0. The van der Waals surface area contributed by atoms with Crippen LogP contribution in [0.25, 0.3) is 0 Å². The standard InChI is InChI=1S/C17H36/c1-9-15(13(6)7)17(11-3)16(10-2)14(8)12(4)5/h12-17H,9-11H2,1-8H3. The van der Waals surface area contributed by atoms with Crippen molar-refractivity contribution in [2.75, 3.05) is 0 Å². The predicted octanol–water partition coefficient (Wildman–Crippen LogP) is 6.01. The van der Waals surface area contributed by atoms with Gasteiger partial charge < -0.3 is 0 Å². The summed E-state index contributed by atoms with van der Waals surface area (Å²) in [5.41, 5.74) is 0. The lowest BCUT2D eigenvalue weighted by Gasteiger charge is -2.39. The van der Waals surface area contributed by atoms with E-state index in [1.165, 1.54) is 19.3 Å². The molecule has 0 rings (SSSR count). The van der Waals surface area contributed by atoms with Crippen molar-refractivity contribution in [2.24, 2.45) is 35.5 Å².